The number of pyridine rings is 1. The van der Waals surface area contributed by atoms with E-state index in [-0.39, 0.29) is 48.4 Å². The second-order valence-electron chi connectivity index (χ2n) is 3.92. The first-order valence-corrected chi connectivity index (χ1v) is 7.31. The Kier molecular flexibility index (Phi) is 5.19. The van der Waals surface area contributed by atoms with Crippen LogP contribution in [0, 0.1) is 17.3 Å². The van der Waals surface area contributed by atoms with Gasteiger partial charge in [-0.1, -0.05) is 58.0 Å². The summed E-state index contributed by atoms with van der Waals surface area (Å²) in [5, 5.41) is 8.48. The Bertz CT molecular complexity index is 741. The van der Waals surface area contributed by atoms with Gasteiger partial charge in [0.05, 0.1) is 43.3 Å². The summed E-state index contributed by atoms with van der Waals surface area (Å²) in [7, 11) is 0. The molecule has 21 heavy (non-hydrogen) atoms. The molecule has 0 aliphatic heterocycles. The van der Waals surface area contributed by atoms with Crippen LogP contribution in [0.5, 0.6) is 0 Å². The molecular weight excluding hydrogens is 380 g/mol. The number of nitrogens with zero attached hydrogens (tertiary/aromatic N) is 2. The first-order valence-electron chi connectivity index (χ1n) is 5.42. The highest BCUT2D eigenvalue weighted by molar-refractivity contribution is 6.56. The lowest BCUT2D eigenvalue weighted by molar-refractivity contribution is 0.582. The van der Waals surface area contributed by atoms with Crippen LogP contribution >= 0.6 is 58.0 Å². The van der Waals surface area contributed by atoms with Crippen LogP contribution in [0.25, 0.3) is 11.1 Å². The fraction of sp³-hybridized carbons (Fsp3) is 0.0769. The van der Waals surface area contributed by atoms with Gasteiger partial charge in [0.2, 0.25) is 5.95 Å². The summed E-state index contributed by atoms with van der Waals surface area (Å²) in [5.74, 6) is -0.832. The fourth-order valence-electron chi connectivity index (χ4n) is 1.68. The van der Waals surface area contributed by atoms with Crippen LogP contribution in [0.1, 0.15) is 5.69 Å². The molecule has 0 saturated heterocycles. The topological polar surface area (TPSA) is 36.7 Å². The molecule has 1 aromatic carbocycles. The molecule has 0 amide bonds. The molecule has 2 aromatic rings. The maximum Gasteiger partial charge on any atom is 0.221 e. The molecule has 0 aliphatic rings. The van der Waals surface area contributed by atoms with Crippen LogP contribution in [0.2, 0.25) is 25.1 Å². The third-order valence-corrected chi connectivity index (χ3v) is 4.92. The van der Waals surface area contributed by atoms with E-state index in [2.05, 4.69) is 4.98 Å². The van der Waals surface area contributed by atoms with Crippen molar-refractivity contribution in [3.8, 4) is 17.2 Å². The van der Waals surface area contributed by atoms with Crippen LogP contribution in [-0.2, 0) is 6.42 Å². The predicted octanol–water partition coefficient (Wildman–Crippen LogP) is 6.22. The summed E-state index contributed by atoms with van der Waals surface area (Å²) in [6.07, 6.45) is -0.0131. The molecule has 1 heterocycles. The zero-order valence-electron chi connectivity index (χ0n) is 10.0. The number of rotatable bonds is 2. The average Bonchev–Trinajstić information content (AvgIpc) is 2.46. The molecule has 0 atom stereocenters. The summed E-state index contributed by atoms with van der Waals surface area (Å²) >= 11 is 29.9. The van der Waals surface area contributed by atoms with Gasteiger partial charge < -0.3 is 0 Å². The molecule has 108 valence electrons. The van der Waals surface area contributed by atoms with E-state index < -0.39 is 5.95 Å². The van der Waals surface area contributed by atoms with E-state index in [1.165, 1.54) is 12.1 Å². The molecule has 0 bridgehead atoms. The van der Waals surface area contributed by atoms with Crippen molar-refractivity contribution in [3.05, 3.63) is 48.9 Å². The van der Waals surface area contributed by atoms with Gasteiger partial charge in [0.15, 0.2) is 0 Å². The Morgan fingerprint density at radius 3 is 1.95 bits per heavy atom. The van der Waals surface area contributed by atoms with E-state index in [9.17, 15) is 4.39 Å². The van der Waals surface area contributed by atoms with Crippen molar-refractivity contribution in [3.63, 3.8) is 0 Å². The lowest BCUT2D eigenvalue weighted by Gasteiger charge is -2.13. The van der Waals surface area contributed by atoms with Crippen molar-refractivity contribution < 1.29 is 4.39 Å². The van der Waals surface area contributed by atoms with Crippen molar-refractivity contribution in [2.45, 2.75) is 6.42 Å². The van der Waals surface area contributed by atoms with Crippen LogP contribution in [-0.4, -0.2) is 4.98 Å². The van der Waals surface area contributed by atoms with Gasteiger partial charge in [-0.3, -0.25) is 0 Å². The molecule has 0 N–H and O–H groups in total. The van der Waals surface area contributed by atoms with Crippen molar-refractivity contribution in [1.29, 1.82) is 5.26 Å². The molecular formula is C13H4Cl5FN2. The highest BCUT2D eigenvalue weighted by Gasteiger charge is 2.22. The van der Waals surface area contributed by atoms with Crippen LogP contribution in [0.3, 0.4) is 0 Å². The van der Waals surface area contributed by atoms with Crippen molar-refractivity contribution in [1.82, 2.24) is 4.98 Å². The van der Waals surface area contributed by atoms with Gasteiger partial charge in [-0.2, -0.15) is 9.65 Å². The standard InChI is InChI=1S/C13H4Cl5FN2/c14-8-7(9(15)11(17)12(18)10(8)16)6-2-1-5(3-4-20)21-13(6)19/h1-2H,3H2. The third kappa shape index (κ3) is 3.06. The van der Waals surface area contributed by atoms with Gasteiger partial charge >= 0.3 is 0 Å². The van der Waals surface area contributed by atoms with Gasteiger partial charge in [0, 0.05) is 11.1 Å². The second-order valence-corrected chi connectivity index (χ2v) is 5.81. The van der Waals surface area contributed by atoms with Crippen LogP contribution in [0.4, 0.5) is 4.39 Å². The minimum absolute atomic E-state index is 0.00782. The highest BCUT2D eigenvalue weighted by Crippen LogP contribution is 2.48. The monoisotopic (exact) mass is 382 g/mol. The number of benzene rings is 1. The number of hydrogen-bond donors (Lipinski definition) is 0. The SMILES string of the molecule is N#CCc1ccc(-c2c(Cl)c(Cl)c(Cl)c(Cl)c2Cl)c(F)n1. The molecule has 0 radical (unpaired) electrons. The number of nitriles is 1. The quantitative estimate of drug-likeness (QED) is 0.350. The predicted molar refractivity (Wildman–Crippen MR) is 84.0 cm³/mol. The molecule has 0 fully saturated rings. The highest BCUT2D eigenvalue weighted by atomic mass is 35.5. The largest absolute Gasteiger partial charge is 0.223 e. The fourth-order valence-corrected chi connectivity index (χ4v) is 3.02. The Morgan fingerprint density at radius 2 is 1.48 bits per heavy atom. The van der Waals surface area contributed by atoms with Crippen molar-refractivity contribution in [2.75, 3.05) is 0 Å². The lowest BCUT2D eigenvalue weighted by Crippen LogP contribution is -1.96. The molecule has 8 heteroatoms. The van der Waals surface area contributed by atoms with Crippen LogP contribution in [0.15, 0.2) is 12.1 Å². The Labute approximate surface area is 145 Å². The van der Waals surface area contributed by atoms with E-state index in [1.807, 2.05) is 6.07 Å². The van der Waals surface area contributed by atoms with Gasteiger partial charge in [0.1, 0.15) is 0 Å². The Morgan fingerprint density at radius 1 is 0.952 bits per heavy atom. The third-order valence-electron chi connectivity index (χ3n) is 2.65. The summed E-state index contributed by atoms with van der Waals surface area (Å²) in [4.78, 5) is 3.68. The van der Waals surface area contributed by atoms with Crippen molar-refractivity contribution in [2.24, 2.45) is 0 Å². The van der Waals surface area contributed by atoms with E-state index in [4.69, 9.17) is 63.3 Å². The first kappa shape index (κ1) is 16.6. The molecule has 0 spiro atoms. The molecule has 2 nitrogen and oxygen atoms in total. The summed E-state index contributed by atoms with van der Waals surface area (Å²) in [6, 6.07) is 4.77. The molecule has 0 unspecified atom stereocenters. The number of aromatic nitrogens is 1. The number of halogens is 6. The zero-order valence-corrected chi connectivity index (χ0v) is 13.8. The van der Waals surface area contributed by atoms with Crippen LogP contribution < -0.4 is 0 Å². The Balaban J connectivity index is 2.71. The van der Waals surface area contributed by atoms with Gasteiger partial charge in [-0.25, -0.2) is 4.98 Å². The Hall–Kier alpha value is -0.760. The summed E-state index contributed by atoms with van der Waals surface area (Å²) in [6.45, 7) is 0. The molecule has 0 saturated carbocycles. The second kappa shape index (κ2) is 6.56. The lowest BCUT2D eigenvalue weighted by atomic mass is 10.1. The maximum absolute atomic E-state index is 14.1. The van der Waals surface area contributed by atoms with Gasteiger partial charge in [-0.05, 0) is 12.1 Å². The van der Waals surface area contributed by atoms with E-state index in [1.54, 1.807) is 0 Å². The summed E-state index contributed by atoms with van der Waals surface area (Å²) < 4.78 is 14.1. The zero-order chi connectivity index (χ0) is 15.7. The van der Waals surface area contributed by atoms with E-state index in [0.29, 0.717) is 0 Å². The molecule has 0 aliphatic carbocycles. The van der Waals surface area contributed by atoms with E-state index in [0.717, 1.165) is 0 Å². The average molecular weight is 384 g/mol. The minimum Gasteiger partial charge on any atom is -0.223 e. The maximum atomic E-state index is 14.1. The minimum atomic E-state index is -0.832. The first-order chi connectivity index (χ1) is 9.88. The molecule has 1 aromatic heterocycles. The normalized spacial score (nSPS) is 10.5. The number of hydrogen-bond acceptors (Lipinski definition) is 2. The van der Waals surface area contributed by atoms with E-state index >= 15 is 0 Å². The van der Waals surface area contributed by atoms with Crippen molar-refractivity contribution >= 4 is 58.0 Å². The summed E-state index contributed by atoms with van der Waals surface area (Å²) in [5.41, 5.74) is 0.413. The smallest absolute Gasteiger partial charge is 0.221 e. The van der Waals surface area contributed by atoms with Gasteiger partial charge in [0.25, 0.3) is 0 Å². The van der Waals surface area contributed by atoms with Gasteiger partial charge in [-0.15, -0.1) is 0 Å². The molecule has 2 rings (SSSR count).